The van der Waals surface area contributed by atoms with Crippen molar-refractivity contribution in [2.24, 2.45) is 0 Å². The molecule has 2 amide bonds. The van der Waals surface area contributed by atoms with E-state index in [1.807, 2.05) is 21.1 Å². The zero-order chi connectivity index (χ0) is 8.20. The van der Waals surface area contributed by atoms with Gasteiger partial charge in [-0.15, -0.1) is 0 Å². The Bertz CT molecular complexity index is 117. The Labute approximate surface area is 61.8 Å². The highest BCUT2D eigenvalue weighted by atomic mass is 16.2. The first kappa shape index (κ1) is 9.23. The van der Waals surface area contributed by atoms with Crippen LogP contribution in [0.3, 0.4) is 0 Å². The number of amides is 2. The van der Waals surface area contributed by atoms with Gasteiger partial charge in [0.25, 0.3) is 0 Å². The maximum atomic E-state index is 10.6. The summed E-state index contributed by atoms with van der Waals surface area (Å²) < 4.78 is 0.730. The Balaban J connectivity index is 3.46. The molecule has 0 bridgehead atoms. The van der Waals surface area contributed by atoms with Gasteiger partial charge < -0.3 is 9.80 Å². The number of carbonyl (C=O) groups is 1. The van der Waals surface area contributed by atoms with Crippen molar-refractivity contribution in [3.63, 3.8) is 0 Å². The van der Waals surface area contributed by atoms with Crippen LogP contribution in [0.1, 0.15) is 0 Å². The van der Waals surface area contributed by atoms with Crippen LogP contribution in [0.2, 0.25) is 0 Å². The van der Waals surface area contributed by atoms with E-state index in [4.69, 9.17) is 0 Å². The third-order valence-corrected chi connectivity index (χ3v) is 0.941. The van der Waals surface area contributed by atoms with E-state index in [9.17, 15) is 4.79 Å². The van der Waals surface area contributed by atoms with Gasteiger partial charge in [-0.1, -0.05) is 0 Å². The molecule has 0 atom stereocenters. The summed E-state index contributed by atoms with van der Waals surface area (Å²) >= 11 is 0. The summed E-state index contributed by atoms with van der Waals surface area (Å²) in [5.74, 6) is 0. The third kappa shape index (κ3) is 5.37. The molecule has 60 valence electrons. The first-order valence-corrected chi connectivity index (χ1v) is 3.22. The number of hydrogen-bond donors (Lipinski definition) is 2. The molecule has 0 radical (unpaired) electrons. The standard InChI is InChI=1S/C6H15N3O/c1-7-6(10)8-5-9(2,3)4/h5H2,1-4H3,(H-,7,8,10)/p+1. The second-order valence-corrected chi connectivity index (χ2v) is 3.20. The van der Waals surface area contributed by atoms with Gasteiger partial charge in [0.05, 0.1) is 21.1 Å². The van der Waals surface area contributed by atoms with E-state index < -0.39 is 0 Å². The van der Waals surface area contributed by atoms with Crippen molar-refractivity contribution in [1.82, 2.24) is 10.6 Å². The minimum absolute atomic E-state index is 0.131. The average Bonchev–Trinajstić information content (AvgIpc) is 1.81. The highest BCUT2D eigenvalue weighted by molar-refractivity contribution is 5.73. The summed E-state index contributed by atoms with van der Waals surface area (Å²) in [5, 5.41) is 5.17. The van der Waals surface area contributed by atoms with Gasteiger partial charge in [0.15, 0.2) is 6.67 Å². The lowest BCUT2D eigenvalue weighted by molar-refractivity contribution is -0.872. The highest BCUT2D eigenvalue weighted by Crippen LogP contribution is 1.83. The van der Waals surface area contributed by atoms with Gasteiger partial charge in [0, 0.05) is 7.05 Å². The molecular formula is C6H16N3O+. The summed E-state index contributed by atoms with van der Waals surface area (Å²) in [6.45, 7) is 0.639. The number of quaternary nitrogens is 1. The predicted molar refractivity (Wildman–Crippen MR) is 40.5 cm³/mol. The number of nitrogens with one attached hydrogen (secondary N) is 2. The number of urea groups is 1. The SMILES string of the molecule is CNC(=O)NC[N+](C)(C)C. The molecule has 4 nitrogen and oxygen atoms in total. The fourth-order valence-electron chi connectivity index (χ4n) is 0.397. The summed E-state index contributed by atoms with van der Waals surface area (Å²) in [6.07, 6.45) is 0. The van der Waals surface area contributed by atoms with Crippen molar-refractivity contribution in [1.29, 1.82) is 0 Å². The molecule has 0 spiro atoms. The van der Waals surface area contributed by atoms with E-state index in [0.717, 1.165) is 4.48 Å². The molecule has 0 rings (SSSR count). The van der Waals surface area contributed by atoms with Gasteiger partial charge in [-0.25, -0.2) is 4.79 Å². The lowest BCUT2D eigenvalue weighted by atomic mass is 10.7. The Kier molecular flexibility index (Phi) is 3.15. The van der Waals surface area contributed by atoms with Crippen molar-refractivity contribution in [2.75, 3.05) is 34.9 Å². The summed E-state index contributed by atoms with van der Waals surface area (Å²) in [6, 6.07) is -0.131. The van der Waals surface area contributed by atoms with E-state index >= 15 is 0 Å². The summed E-state index contributed by atoms with van der Waals surface area (Å²) in [4.78, 5) is 10.6. The Morgan fingerprint density at radius 3 is 2.20 bits per heavy atom. The molecule has 0 heterocycles. The van der Waals surface area contributed by atoms with Crippen molar-refractivity contribution < 1.29 is 9.28 Å². The normalized spacial score (nSPS) is 10.8. The van der Waals surface area contributed by atoms with Crippen molar-refractivity contribution in [2.45, 2.75) is 0 Å². The maximum absolute atomic E-state index is 10.6. The average molecular weight is 146 g/mol. The second kappa shape index (κ2) is 3.41. The molecule has 0 unspecified atom stereocenters. The molecule has 0 saturated heterocycles. The van der Waals surface area contributed by atoms with Crippen LogP contribution in [0.4, 0.5) is 4.79 Å². The van der Waals surface area contributed by atoms with E-state index in [1.165, 1.54) is 0 Å². The van der Waals surface area contributed by atoms with Gasteiger partial charge in [-0.2, -0.15) is 0 Å². The quantitative estimate of drug-likeness (QED) is 0.403. The van der Waals surface area contributed by atoms with Crippen molar-refractivity contribution in [3.8, 4) is 0 Å². The van der Waals surface area contributed by atoms with E-state index in [1.54, 1.807) is 7.05 Å². The van der Waals surface area contributed by atoms with Crippen molar-refractivity contribution >= 4 is 6.03 Å². The summed E-state index contributed by atoms with van der Waals surface area (Å²) in [5.41, 5.74) is 0. The van der Waals surface area contributed by atoms with Crippen LogP contribution < -0.4 is 10.6 Å². The highest BCUT2D eigenvalue weighted by Gasteiger charge is 2.06. The number of rotatable bonds is 2. The number of carbonyl (C=O) groups excluding carboxylic acids is 1. The van der Waals surface area contributed by atoms with Crippen LogP contribution in [-0.2, 0) is 0 Å². The van der Waals surface area contributed by atoms with Crippen LogP contribution in [0.25, 0.3) is 0 Å². The first-order valence-electron chi connectivity index (χ1n) is 3.22. The minimum Gasteiger partial charge on any atom is -0.341 e. The fourth-order valence-corrected chi connectivity index (χ4v) is 0.397. The molecule has 0 aromatic heterocycles. The fraction of sp³-hybridized carbons (Fsp3) is 0.833. The lowest BCUT2D eigenvalue weighted by Crippen LogP contribution is -2.47. The monoisotopic (exact) mass is 146 g/mol. The molecular weight excluding hydrogens is 130 g/mol. The largest absolute Gasteiger partial charge is 0.341 e. The number of hydrogen-bond acceptors (Lipinski definition) is 1. The molecule has 0 aliphatic rings. The zero-order valence-corrected chi connectivity index (χ0v) is 7.06. The Hall–Kier alpha value is -0.770. The van der Waals surface area contributed by atoms with Gasteiger partial charge in [0.2, 0.25) is 0 Å². The van der Waals surface area contributed by atoms with Gasteiger partial charge >= 0.3 is 6.03 Å². The van der Waals surface area contributed by atoms with Gasteiger partial charge in [-0.05, 0) is 0 Å². The van der Waals surface area contributed by atoms with Crippen LogP contribution in [0.15, 0.2) is 0 Å². The van der Waals surface area contributed by atoms with Crippen molar-refractivity contribution in [3.05, 3.63) is 0 Å². The predicted octanol–water partition coefficient (Wildman–Crippen LogP) is -0.421. The zero-order valence-electron chi connectivity index (χ0n) is 7.06. The molecule has 0 aromatic carbocycles. The van der Waals surface area contributed by atoms with Crippen LogP contribution in [0, 0.1) is 0 Å². The lowest BCUT2D eigenvalue weighted by Gasteiger charge is -2.23. The maximum Gasteiger partial charge on any atom is 0.318 e. The molecule has 4 heteroatoms. The molecule has 0 saturated carbocycles. The Morgan fingerprint density at radius 2 is 1.90 bits per heavy atom. The van der Waals surface area contributed by atoms with E-state index in [2.05, 4.69) is 10.6 Å². The van der Waals surface area contributed by atoms with E-state index in [0.29, 0.717) is 6.67 Å². The molecule has 0 fully saturated rings. The van der Waals surface area contributed by atoms with Gasteiger partial charge in [-0.3, -0.25) is 5.32 Å². The Morgan fingerprint density at radius 1 is 1.40 bits per heavy atom. The minimum atomic E-state index is -0.131. The molecule has 0 aliphatic carbocycles. The summed E-state index contributed by atoms with van der Waals surface area (Å²) in [7, 11) is 7.63. The molecule has 0 aliphatic heterocycles. The molecule has 0 aromatic rings. The molecule has 2 N–H and O–H groups in total. The van der Waals surface area contributed by atoms with Gasteiger partial charge in [0.1, 0.15) is 0 Å². The number of nitrogens with zero attached hydrogens (tertiary/aromatic N) is 1. The van der Waals surface area contributed by atoms with Crippen LogP contribution in [0.5, 0.6) is 0 Å². The van der Waals surface area contributed by atoms with Crippen LogP contribution >= 0.6 is 0 Å². The second-order valence-electron chi connectivity index (χ2n) is 3.20. The smallest absolute Gasteiger partial charge is 0.318 e. The van der Waals surface area contributed by atoms with Crippen LogP contribution in [-0.4, -0.2) is 45.4 Å². The topological polar surface area (TPSA) is 41.1 Å². The molecule has 10 heavy (non-hydrogen) atoms. The third-order valence-electron chi connectivity index (χ3n) is 0.941. The van der Waals surface area contributed by atoms with E-state index in [-0.39, 0.29) is 6.03 Å². The first-order chi connectivity index (χ1) is 4.45.